The molecule has 1 unspecified atom stereocenters. The topological polar surface area (TPSA) is 92.7 Å². The molecule has 0 radical (unpaired) electrons. The molecule has 6 heteroatoms. The molecule has 0 aromatic heterocycles. The van der Waals surface area contributed by atoms with Crippen LogP contribution in [0.1, 0.15) is 25.7 Å². The van der Waals surface area contributed by atoms with Crippen molar-refractivity contribution in [2.24, 2.45) is 0 Å². The third kappa shape index (κ3) is 3.97. The Morgan fingerprint density at radius 1 is 1.53 bits per heavy atom. The number of carbonyl (C=O) groups excluding carboxylic acids is 2. The van der Waals surface area contributed by atoms with E-state index < -0.39 is 18.0 Å². The Morgan fingerprint density at radius 3 is 2.80 bits per heavy atom. The lowest BCUT2D eigenvalue weighted by atomic mass is 10.2. The SMILES string of the molecule is O=C(O)CCCOC(=O)C1CCC(=O)N1. The molecule has 1 amide bonds. The van der Waals surface area contributed by atoms with E-state index in [9.17, 15) is 14.4 Å². The van der Waals surface area contributed by atoms with Crippen molar-refractivity contribution in [2.75, 3.05) is 6.61 Å². The molecule has 0 bridgehead atoms. The zero-order valence-corrected chi connectivity index (χ0v) is 8.19. The Morgan fingerprint density at radius 2 is 2.27 bits per heavy atom. The zero-order chi connectivity index (χ0) is 11.3. The molecular formula is C9H13NO5. The van der Waals surface area contributed by atoms with Crippen molar-refractivity contribution in [2.45, 2.75) is 31.7 Å². The van der Waals surface area contributed by atoms with Gasteiger partial charge >= 0.3 is 11.9 Å². The molecule has 6 nitrogen and oxygen atoms in total. The first-order chi connectivity index (χ1) is 7.09. The first-order valence-electron chi connectivity index (χ1n) is 4.77. The highest BCUT2D eigenvalue weighted by Crippen LogP contribution is 2.08. The van der Waals surface area contributed by atoms with Crippen LogP contribution in [0.15, 0.2) is 0 Å². The van der Waals surface area contributed by atoms with Gasteiger partial charge in [0.1, 0.15) is 6.04 Å². The molecule has 1 atom stereocenters. The lowest BCUT2D eigenvalue weighted by Gasteiger charge is -2.09. The molecule has 0 aromatic carbocycles. The molecule has 1 heterocycles. The van der Waals surface area contributed by atoms with E-state index in [2.05, 4.69) is 5.32 Å². The molecule has 0 aromatic rings. The fraction of sp³-hybridized carbons (Fsp3) is 0.667. The Bertz CT molecular complexity index is 276. The second kappa shape index (κ2) is 5.33. The number of aliphatic carboxylic acids is 1. The summed E-state index contributed by atoms with van der Waals surface area (Å²) in [5.41, 5.74) is 0. The smallest absolute Gasteiger partial charge is 0.328 e. The quantitative estimate of drug-likeness (QED) is 0.484. The number of amides is 1. The first kappa shape index (κ1) is 11.5. The summed E-state index contributed by atoms with van der Waals surface area (Å²) in [6, 6.07) is -0.553. The van der Waals surface area contributed by atoms with Gasteiger partial charge in [-0.3, -0.25) is 9.59 Å². The van der Waals surface area contributed by atoms with E-state index in [1.807, 2.05) is 0 Å². The molecule has 1 rings (SSSR count). The van der Waals surface area contributed by atoms with E-state index in [1.54, 1.807) is 0 Å². The van der Waals surface area contributed by atoms with Gasteiger partial charge in [0.25, 0.3) is 0 Å². The second-order valence-electron chi connectivity index (χ2n) is 3.32. The summed E-state index contributed by atoms with van der Waals surface area (Å²) in [7, 11) is 0. The maximum atomic E-state index is 11.3. The number of esters is 1. The lowest BCUT2D eigenvalue weighted by molar-refractivity contribution is -0.147. The largest absolute Gasteiger partial charge is 0.481 e. The molecule has 0 spiro atoms. The van der Waals surface area contributed by atoms with Crippen LogP contribution in [0.3, 0.4) is 0 Å². The van der Waals surface area contributed by atoms with Crippen LogP contribution in [-0.2, 0) is 19.1 Å². The van der Waals surface area contributed by atoms with Gasteiger partial charge in [0.05, 0.1) is 6.61 Å². The highest BCUT2D eigenvalue weighted by molar-refractivity contribution is 5.88. The van der Waals surface area contributed by atoms with Crippen molar-refractivity contribution in [1.29, 1.82) is 0 Å². The summed E-state index contributed by atoms with van der Waals surface area (Å²) in [6.45, 7) is 0.0809. The Kier molecular flexibility index (Phi) is 4.08. The average Bonchev–Trinajstić information content (AvgIpc) is 2.59. The minimum atomic E-state index is -0.916. The summed E-state index contributed by atoms with van der Waals surface area (Å²) in [5.74, 6) is -1.55. The van der Waals surface area contributed by atoms with Crippen LogP contribution < -0.4 is 5.32 Å². The van der Waals surface area contributed by atoms with Gasteiger partial charge in [0, 0.05) is 12.8 Å². The number of hydrogen-bond acceptors (Lipinski definition) is 4. The molecule has 1 aliphatic rings. The van der Waals surface area contributed by atoms with Crippen LogP contribution >= 0.6 is 0 Å². The van der Waals surface area contributed by atoms with Gasteiger partial charge < -0.3 is 15.2 Å². The van der Waals surface area contributed by atoms with Crippen LogP contribution in [-0.4, -0.2) is 35.6 Å². The highest BCUT2D eigenvalue weighted by atomic mass is 16.5. The van der Waals surface area contributed by atoms with Gasteiger partial charge in [-0.2, -0.15) is 0 Å². The fourth-order valence-corrected chi connectivity index (χ4v) is 1.29. The predicted octanol–water partition coefficient (Wildman–Crippen LogP) is -0.327. The van der Waals surface area contributed by atoms with Crippen molar-refractivity contribution in [3.8, 4) is 0 Å². The Labute approximate surface area is 86.6 Å². The van der Waals surface area contributed by atoms with Gasteiger partial charge in [-0.25, -0.2) is 4.79 Å². The van der Waals surface area contributed by atoms with Gasteiger partial charge in [-0.15, -0.1) is 0 Å². The van der Waals surface area contributed by atoms with Crippen LogP contribution in [0.4, 0.5) is 0 Å². The molecule has 84 valence electrons. The van der Waals surface area contributed by atoms with Crippen molar-refractivity contribution in [3.05, 3.63) is 0 Å². The van der Waals surface area contributed by atoms with E-state index in [1.165, 1.54) is 0 Å². The van der Waals surface area contributed by atoms with Gasteiger partial charge in [0.15, 0.2) is 0 Å². The third-order valence-corrected chi connectivity index (χ3v) is 2.06. The Balaban J connectivity index is 2.13. The fourth-order valence-electron chi connectivity index (χ4n) is 1.29. The van der Waals surface area contributed by atoms with Gasteiger partial charge in [0.2, 0.25) is 5.91 Å². The molecule has 1 fully saturated rings. The van der Waals surface area contributed by atoms with E-state index in [4.69, 9.17) is 9.84 Å². The van der Waals surface area contributed by atoms with Crippen molar-refractivity contribution in [1.82, 2.24) is 5.32 Å². The maximum Gasteiger partial charge on any atom is 0.328 e. The van der Waals surface area contributed by atoms with Crippen LogP contribution in [0.2, 0.25) is 0 Å². The number of hydrogen-bond donors (Lipinski definition) is 2. The minimum absolute atomic E-state index is 0.0235. The number of carboxylic acid groups (broad SMARTS) is 1. The zero-order valence-electron chi connectivity index (χ0n) is 8.19. The molecule has 15 heavy (non-hydrogen) atoms. The summed E-state index contributed by atoms with van der Waals surface area (Å²) in [6.07, 6.45) is 1.07. The van der Waals surface area contributed by atoms with Crippen LogP contribution in [0, 0.1) is 0 Å². The standard InChI is InChI=1S/C9H13NO5/c11-7-4-3-6(10-7)9(14)15-5-1-2-8(12)13/h6H,1-5H2,(H,10,11)(H,12,13). The van der Waals surface area contributed by atoms with Gasteiger partial charge in [-0.1, -0.05) is 0 Å². The van der Waals surface area contributed by atoms with Crippen molar-refractivity contribution in [3.63, 3.8) is 0 Å². The number of carboxylic acids is 1. The van der Waals surface area contributed by atoms with E-state index >= 15 is 0 Å². The molecular weight excluding hydrogens is 202 g/mol. The highest BCUT2D eigenvalue weighted by Gasteiger charge is 2.28. The lowest BCUT2D eigenvalue weighted by Crippen LogP contribution is -2.34. The number of ether oxygens (including phenoxy) is 1. The predicted molar refractivity (Wildman–Crippen MR) is 49.0 cm³/mol. The second-order valence-corrected chi connectivity index (χ2v) is 3.32. The number of rotatable bonds is 5. The molecule has 1 aliphatic heterocycles. The van der Waals surface area contributed by atoms with E-state index in [0.717, 1.165) is 0 Å². The number of carbonyl (C=O) groups is 3. The monoisotopic (exact) mass is 215 g/mol. The van der Waals surface area contributed by atoms with Crippen molar-refractivity contribution < 1.29 is 24.2 Å². The summed E-state index contributed by atoms with van der Waals surface area (Å²) >= 11 is 0. The third-order valence-electron chi connectivity index (χ3n) is 2.06. The van der Waals surface area contributed by atoms with Gasteiger partial charge in [-0.05, 0) is 12.8 Å². The van der Waals surface area contributed by atoms with Crippen LogP contribution in [0.25, 0.3) is 0 Å². The van der Waals surface area contributed by atoms with E-state index in [0.29, 0.717) is 19.3 Å². The first-order valence-corrected chi connectivity index (χ1v) is 4.77. The summed E-state index contributed by atoms with van der Waals surface area (Å²) < 4.78 is 4.81. The molecule has 2 N–H and O–H groups in total. The molecule has 0 aliphatic carbocycles. The summed E-state index contributed by atoms with van der Waals surface area (Å²) in [4.78, 5) is 32.2. The normalized spacial score (nSPS) is 19.7. The molecule has 0 saturated carbocycles. The number of nitrogens with one attached hydrogen (secondary N) is 1. The van der Waals surface area contributed by atoms with Crippen LogP contribution in [0.5, 0.6) is 0 Å². The minimum Gasteiger partial charge on any atom is -0.481 e. The maximum absolute atomic E-state index is 11.3. The van der Waals surface area contributed by atoms with Crippen molar-refractivity contribution >= 4 is 17.8 Å². The summed E-state index contributed by atoms with van der Waals surface area (Å²) in [5, 5.41) is 10.8. The average molecular weight is 215 g/mol. The van der Waals surface area contributed by atoms with E-state index in [-0.39, 0.29) is 18.9 Å². The Hall–Kier alpha value is -1.59. The molecule has 1 saturated heterocycles.